The van der Waals surface area contributed by atoms with Crippen LogP contribution in [0.4, 0.5) is 5.69 Å². The van der Waals surface area contributed by atoms with Crippen molar-refractivity contribution in [2.75, 3.05) is 0 Å². The summed E-state index contributed by atoms with van der Waals surface area (Å²) in [6, 6.07) is 0. The van der Waals surface area contributed by atoms with Gasteiger partial charge in [-0.15, -0.1) is 10.2 Å². The number of nitro groups is 1. The molecule has 0 radical (unpaired) electrons. The van der Waals surface area contributed by atoms with Crippen molar-refractivity contribution >= 4 is 21.6 Å². The van der Waals surface area contributed by atoms with E-state index in [1.54, 1.807) is 0 Å². The van der Waals surface area contributed by atoms with Crippen LogP contribution in [0.2, 0.25) is 0 Å². The minimum atomic E-state index is -0.479. The minimum Gasteiger partial charge on any atom is -0.425 e. The fourth-order valence-electron chi connectivity index (χ4n) is 2.54. The first-order valence-corrected chi connectivity index (χ1v) is 8.83. The lowest BCUT2D eigenvalue weighted by Crippen LogP contribution is -2.09. The normalized spacial score (nSPS) is 12.5. The van der Waals surface area contributed by atoms with Crippen molar-refractivity contribution < 1.29 is 9.34 Å². The van der Waals surface area contributed by atoms with Gasteiger partial charge in [0.1, 0.15) is 12.4 Å². The molecule has 0 aliphatic carbocycles. The Morgan fingerprint density at radius 1 is 1.38 bits per heavy atom. The second-order valence-corrected chi connectivity index (χ2v) is 6.86. The van der Waals surface area contributed by atoms with Gasteiger partial charge in [-0.1, -0.05) is 6.92 Å². The number of hydrogen-bond acceptors (Lipinski definition) is 7. The molecule has 0 aromatic carbocycles. The fraction of sp³-hybridized carbons (Fsp3) is 0.467. The van der Waals surface area contributed by atoms with Gasteiger partial charge < -0.3 is 4.42 Å². The summed E-state index contributed by atoms with van der Waals surface area (Å²) in [5.41, 5.74) is 1.95. The number of rotatable bonds is 7. The lowest BCUT2D eigenvalue weighted by molar-refractivity contribution is -0.385. The molecule has 0 aliphatic rings. The molecule has 1 unspecified atom stereocenters. The average molecular weight is 424 g/mol. The smallest absolute Gasteiger partial charge is 0.306 e. The molecule has 0 bridgehead atoms. The molecule has 138 valence electrons. The zero-order chi connectivity index (χ0) is 18.8. The molecule has 3 aromatic heterocycles. The van der Waals surface area contributed by atoms with E-state index in [1.165, 1.54) is 17.1 Å². The molecule has 3 heterocycles. The van der Waals surface area contributed by atoms with Gasteiger partial charge in [-0.2, -0.15) is 10.2 Å². The van der Waals surface area contributed by atoms with Crippen LogP contribution >= 0.6 is 15.9 Å². The lowest BCUT2D eigenvalue weighted by Gasteiger charge is -2.08. The molecule has 26 heavy (non-hydrogen) atoms. The fourth-order valence-corrected chi connectivity index (χ4v) is 2.82. The van der Waals surface area contributed by atoms with E-state index in [2.05, 4.69) is 36.3 Å². The molecule has 0 spiro atoms. The number of aryl methyl sites for hydroxylation is 3. The summed E-state index contributed by atoms with van der Waals surface area (Å²) >= 11 is 3.52. The van der Waals surface area contributed by atoms with Gasteiger partial charge in [0.05, 0.1) is 27.6 Å². The number of nitrogens with zero attached hydrogens (tertiary/aromatic N) is 7. The first-order chi connectivity index (χ1) is 12.3. The van der Waals surface area contributed by atoms with Crippen LogP contribution < -0.4 is 0 Å². The van der Waals surface area contributed by atoms with Crippen LogP contribution in [-0.4, -0.2) is 34.7 Å². The molecule has 10 nitrogen and oxygen atoms in total. The molecule has 0 amide bonds. The summed E-state index contributed by atoms with van der Waals surface area (Å²) in [4.78, 5) is 10.2. The molecule has 0 fully saturated rings. The molecule has 3 aromatic rings. The first kappa shape index (κ1) is 18.2. The molecular formula is C15H18BrN7O3. The quantitative estimate of drug-likeness (QED) is 0.423. The SMILES string of the molecule is Cc1nn(CC(C)c2nnc(CCn3cc([N+](=O)[O-])cn3)o2)c(C)c1Br. The molecule has 1 atom stereocenters. The van der Waals surface area contributed by atoms with Crippen molar-refractivity contribution in [1.82, 2.24) is 29.8 Å². The highest BCUT2D eigenvalue weighted by Gasteiger charge is 2.18. The van der Waals surface area contributed by atoms with Crippen molar-refractivity contribution in [3.8, 4) is 0 Å². The average Bonchev–Trinajstić information content (AvgIpc) is 3.31. The molecular weight excluding hydrogens is 406 g/mol. The van der Waals surface area contributed by atoms with Crippen LogP contribution in [0.15, 0.2) is 21.3 Å². The molecule has 0 N–H and O–H groups in total. The molecule has 3 rings (SSSR count). The predicted molar refractivity (Wildman–Crippen MR) is 94.7 cm³/mol. The number of halogens is 1. The Morgan fingerprint density at radius 2 is 2.15 bits per heavy atom. The summed E-state index contributed by atoms with van der Waals surface area (Å²) < 4.78 is 10.1. The summed E-state index contributed by atoms with van der Waals surface area (Å²) in [6.07, 6.45) is 3.04. The first-order valence-electron chi connectivity index (χ1n) is 8.03. The highest BCUT2D eigenvalue weighted by atomic mass is 79.9. The zero-order valence-corrected chi connectivity index (χ0v) is 16.2. The van der Waals surface area contributed by atoms with Crippen LogP contribution in [-0.2, 0) is 19.5 Å². The summed E-state index contributed by atoms with van der Waals surface area (Å²) in [5.74, 6) is 1.02. The van der Waals surface area contributed by atoms with Crippen molar-refractivity contribution in [2.24, 2.45) is 0 Å². The minimum absolute atomic E-state index is 0.00643. The maximum Gasteiger partial charge on any atom is 0.306 e. The van der Waals surface area contributed by atoms with E-state index in [9.17, 15) is 10.1 Å². The third-order valence-electron chi connectivity index (χ3n) is 4.03. The van der Waals surface area contributed by atoms with Crippen molar-refractivity contribution in [3.63, 3.8) is 0 Å². The Balaban J connectivity index is 1.61. The Labute approximate surface area is 157 Å². The van der Waals surface area contributed by atoms with Gasteiger partial charge in [-0.05, 0) is 29.8 Å². The predicted octanol–water partition coefficient (Wildman–Crippen LogP) is 2.80. The summed E-state index contributed by atoms with van der Waals surface area (Å²) in [6.45, 7) is 7.00. The van der Waals surface area contributed by atoms with E-state index in [4.69, 9.17) is 4.42 Å². The second-order valence-electron chi connectivity index (χ2n) is 6.07. The Hall–Kier alpha value is -2.56. The third kappa shape index (κ3) is 3.82. The van der Waals surface area contributed by atoms with E-state index in [0.717, 1.165) is 15.9 Å². The van der Waals surface area contributed by atoms with Gasteiger partial charge in [0.15, 0.2) is 0 Å². The Bertz CT molecular complexity index is 930. The Morgan fingerprint density at radius 3 is 2.77 bits per heavy atom. The van der Waals surface area contributed by atoms with Crippen molar-refractivity contribution in [2.45, 2.75) is 46.2 Å². The van der Waals surface area contributed by atoms with Gasteiger partial charge in [-0.3, -0.25) is 19.5 Å². The van der Waals surface area contributed by atoms with Crippen LogP contribution in [0.25, 0.3) is 0 Å². The molecule has 11 heteroatoms. The van der Waals surface area contributed by atoms with E-state index >= 15 is 0 Å². The molecule has 0 saturated heterocycles. The standard InChI is InChI=1S/C15H18BrN7O3/c1-9(7-22-11(3)14(16)10(2)20-22)15-19-18-13(26-15)4-5-21-8-12(6-17-21)23(24)25/h6,8-9H,4-5,7H2,1-3H3. The van der Waals surface area contributed by atoms with Crippen LogP contribution in [0.1, 0.15) is 36.0 Å². The van der Waals surface area contributed by atoms with Crippen molar-refractivity contribution in [1.29, 1.82) is 0 Å². The third-order valence-corrected chi connectivity index (χ3v) is 5.18. The number of aromatic nitrogens is 6. The van der Waals surface area contributed by atoms with Gasteiger partial charge in [0.25, 0.3) is 0 Å². The monoisotopic (exact) mass is 423 g/mol. The zero-order valence-electron chi connectivity index (χ0n) is 14.6. The van der Waals surface area contributed by atoms with E-state index in [1.807, 2.05) is 25.5 Å². The highest BCUT2D eigenvalue weighted by Crippen LogP contribution is 2.23. The summed E-state index contributed by atoms with van der Waals surface area (Å²) in [7, 11) is 0. The van der Waals surface area contributed by atoms with Gasteiger partial charge in [0.2, 0.25) is 11.8 Å². The van der Waals surface area contributed by atoms with E-state index in [0.29, 0.717) is 31.3 Å². The lowest BCUT2D eigenvalue weighted by atomic mass is 10.2. The molecule has 0 saturated carbocycles. The maximum atomic E-state index is 10.7. The maximum absolute atomic E-state index is 10.7. The van der Waals surface area contributed by atoms with Crippen LogP contribution in [0.5, 0.6) is 0 Å². The van der Waals surface area contributed by atoms with Crippen LogP contribution in [0, 0.1) is 24.0 Å². The van der Waals surface area contributed by atoms with Gasteiger partial charge in [0, 0.05) is 18.7 Å². The van der Waals surface area contributed by atoms with Crippen LogP contribution in [0.3, 0.4) is 0 Å². The highest BCUT2D eigenvalue weighted by molar-refractivity contribution is 9.10. The van der Waals surface area contributed by atoms with Gasteiger partial charge >= 0.3 is 5.69 Å². The topological polar surface area (TPSA) is 118 Å². The van der Waals surface area contributed by atoms with E-state index in [-0.39, 0.29) is 11.6 Å². The Kier molecular flexibility index (Phi) is 5.16. The van der Waals surface area contributed by atoms with Crippen molar-refractivity contribution in [3.05, 3.63) is 50.2 Å². The van der Waals surface area contributed by atoms with Gasteiger partial charge in [-0.25, -0.2) is 0 Å². The van der Waals surface area contributed by atoms with E-state index < -0.39 is 4.92 Å². The molecule has 0 aliphatic heterocycles. The largest absolute Gasteiger partial charge is 0.425 e. The summed E-state index contributed by atoms with van der Waals surface area (Å²) in [5, 5.41) is 27.3. The number of hydrogen-bond donors (Lipinski definition) is 0. The second kappa shape index (κ2) is 7.36.